The molecular formula is C25H29F4N9O3. The third-order valence-electron chi connectivity index (χ3n) is 5.68. The van der Waals surface area contributed by atoms with Gasteiger partial charge in [0.1, 0.15) is 11.9 Å². The second-order valence-electron chi connectivity index (χ2n) is 8.87. The van der Waals surface area contributed by atoms with Crippen LogP contribution in [0.5, 0.6) is 0 Å². The molecule has 0 radical (unpaired) electrons. The average molecular weight is 580 g/mol. The fraction of sp³-hybridized carbons (Fsp3) is 0.320. The van der Waals surface area contributed by atoms with Crippen molar-refractivity contribution in [2.75, 3.05) is 13.2 Å². The number of nitrogens with one attached hydrogen (secondary N) is 2. The lowest BCUT2D eigenvalue weighted by Crippen LogP contribution is -2.36. The quantitative estimate of drug-likeness (QED) is 0.0861. The number of aromatic nitrogens is 4. The third kappa shape index (κ3) is 9.54. The molecule has 0 spiro atoms. The molecule has 2 atom stereocenters. The Kier molecular flexibility index (Phi) is 10.7. The lowest BCUT2D eigenvalue weighted by molar-refractivity contribution is -0.137. The van der Waals surface area contributed by atoms with E-state index in [0.717, 1.165) is 29.5 Å². The van der Waals surface area contributed by atoms with Crippen molar-refractivity contribution in [2.45, 2.75) is 37.9 Å². The molecule has 16 heteroatoms. The van der Waals surface area contributed by atoms with Crippen molar-refractivity contribution in [1.29, 1.82) is 0 Å². The molecule has 0 saturated heterocycles. The summed E-state index contributed by atoms with van der Waals surface area (Å²) in [6, 6.07) is 9.83. The van der Waals surface area contributed by atoms with E-state index in [1.807, 2.05) is 0 Å². The lowest BCUT2D eigenvalue weighted by atomic mass is 10.1. The van der Waals surface area contributed by atoms with Crippen LogP contribution >= 0.6 is 0 Å². The summed E-state index contributed by atoms with van der Waals surface area (Å²) in [5.74, 6) is 4.32. The number of pyridine rings is 1. The Morgan fingerprint density at radius 3 is 2.61 bits per heavy atom. The van der Waals surface area contributed by atoms with Gasteiger partial charge in [-0.3, -0.25) is 19.3 Å². The van der Waals surface area contributed by atoms with E-state index in [4.69, 9.17) is 11.6 Å². The van der Waals surface area contributed by atoms with Gasteiger partial charge >= 0.3 is 6.18 Å². The fourth-order valence-electron chi connectivity index (χ4n) is 3.57. The molecule has 0 fully saturated rings. The Morgan fingerprint density at radius 2 is 1.93 bits per heavy atom. The number of hydrogen-bond donors (Lipinski definition) is 5. The van der Waals surface area contributed by atoms with Gasteiger partial charge in [0, 0.05) is 25.4 Å². The molecule has 41 heavy (non-hydrogen) atoms. The van der Waals surface area contributed by atoms with E-state index in [0.29, 0.717) is 5.56 Å². The van der Waals surface area contributed by atoms with E-state index in [1.165, 1.54) is 10.9 Å². The predicted molar refractivity (Wildman–Crippen MR) is 138 cm³/mol. The first-order chi connectivity index (χ1) is 19.5. The largest absolute Gasteiger partial charge is 0.416 e. The van der Waals surface area contributed by atoms with Gasteiger partial charge in [-0.05, 0) is 17.7 Å². The summed E-state index contributed by atoms with van der Waals surface area (Å²) in [4.78, 5) is 28.4. The van der Waals surface area contributed by atoms with Gasteiger partial charge in [-0.15, -0.1) is 5.10 Å². The molecule has 2 amide bonds. The molecule has 0 aliphatic heterocycles. The normalized spacial score (nSPS) is 13.4. The zero-order valence-corrected chi connectivity index (χ0v) is 21.6. The number of aryl methyl sites for hydroxylation is 1. The van der Waals surface area contributed by atoms with Crippen LogP contribution in [0.4, 0.5) is 17.6 Å². The first-order valence-electron chi connectivity index (χ1n) is 12.3. The Hall–Kier alpha value is -4.57. The van der Waals surface area contributed by atoms with Crippen LogP contribution < -0.4 is 22.2 Å². The number of aliphatic hydroxyl groups is 1. The van der Waals surface area contributed by atoms with Crippen LogP contribution in [0.25, 0.3) is 0 Å². The predicted octanol–water partition coefficient (Wildman–Crippen LogP) is 1.18. The summed E-state index contributed by atoms with van der Waals surface area (Å²) in [6.45, 7) is -0.934. The Labute approximate surface area is 232 Å². The van der Waals surface area contributed by atoms with Crippen LogP contribution in [0.15, 0.2) is 66.8 Å². The van der Waals surface area contributed by atoms with Gasteiger partial charge in [-0.25, -0.2) is 10.2 Å². The van der Waals surface area contributed by atoms with Crippen LogP contribution in [0.3, 0.4) is 0 Å². The summed E-state index contributed by atoms with van der Waals surface area (Å²) >= 11 is 0. The van der Waals surface area contributed by atoms with E-state index in [2.05, 4.69) is 25.9 Å². The summed E-state index contributed by atoms with van der Waals surface area (Å²) in [5, 5.41) is 23.0. The van der Waals surface area contributed by atoms with Crippen LogP contribution in [0.1, 0.15) is 39.8 Å². The van der Waals surface area contributed by atoms with Crippen LogP contribution in [-0.4, -0.2) is 61.2 Å². The summed E-state index contributed by atoms with van der Waals surface area (Å²) in [5.41, 5.74) is 5.02. The molecule has 3 rings (SSSR count). The highest BCUT2D eigenvalue weighted by molar-refractivity contribution is 5.92. The molecule has 0 bridgehead atoms. The highest BCUT2D eigenvalue weighted by atomic mass is 19.4. The van der Waals surface area contributed by atoms with Gasteiger partial charge < -0.3 is 26.5 Å². The number of nitrogens with zero attached hydrogens (tertiary/aromatic N) is 5. The maximum absolute atomic E-state index is 14.5. The number of aliphatic hydroxyl groups excluding tert-OH is 1. The molecule has 1 aromatic carbocycles. The fourth-order valence-corrected chi connectivity index (χ4v) is 3.57. The molecule has 2 unspecified atom stereocenters. The summed E-state index contributed by atoms with van der Waals surface area (Å²) in [6.07, 6.45) is -2.81. The minimum atomic E-state index is -4.55. The second kappa shape index (κ2) is 14.2. The Morgan fingerprint density at radius 1 is 1.20 bits per heavy atom. The SMILES string of the molecule is N/C(=C\N(N)CC(F)CCn1cc(C(=O)NC(CO)c2ccccc2)nn1)C(=O)NCc1cc(C(F)(F)F)ccn1. The van der Waals surface area contributed by atoms with Crippen LogP contribution in [0, 0.1) is 0 Å². The third-order valence-corrected chi connectivity index (χ3v) is 5.68. The minimum absolute atomic E-state index is 0.0164. The molecular weight excluding hydrogens is 550 g/mol. The van der Waals surface area contributed by atoms with Gasteiger partial charge in [-0.1, -0.05) is 35.5 Å². The molecule has 2 aromatic heterocycles. The smallest absolute Gasteiger partial charge is 0.394 e. The van der Waals surface area contributed by atoms with Crippen molar-refractivity contribution in [3.63, 3.8) is 0 Å². The number of rotatable bonds is 13. The van der Waals surface area contributed by atoms with Gasteiger partial charge in [0.2, 0.25) is 0 Å². The zero-order valence-electron chi connectivity index (χ0n) is 21.6. The highest BCUT2D eigenvalue weighted by Crippen LogP contribution is 2.28. The van der Waals surface area contributed by atoms with Crippen molar-refractivity contribution in [1.82, 2.24) is 35.6 Å². The van der Waals surface area contributed by atoms with Crippen molar-refractivity contribution in [3.8, 4) is 0 Å². The number of carbonyl (C=O) groups is 2. The topological polar surface area (TPSA) is 177 Å². The van der Waals surface area contributed by atoms with Gasteiger partial charge in [0.15, 0.2) is 5.69 Å². The molecule has 2 heterocycles. The Balaban J connectivity index is 1.44. The number of amides is 2. The zero-order chi connectivity index (χ0) is 30.0. The molecule has 7 N–H and O–H groups in total. The van der Waals surface area contributed by atoms with Gasteiger partial charge in [0.05, 0.1) is 43.2 Å². The first-order valence-corrected chi connectivity index (χ1v) is 12.3. The van der Waals surface area contributed by atoms with Gasteiger partial charge in [0.25, 0.3) is 11.8 Å². The maximum Gasteiger partial charge on any atom is 0.416 e. The molecule has 0 aliphatic carbocycles. The number of hydrogen-bond acceptors (Lipinski definition) is 9. The van der Waals surface area contributed by atoms with E-state index in [1.54, 1.807) is 30.3 Å². The summed E-state index contributed by atoms with van der Waals surface area (Å²) < 4.78 is 54.2. The van der Waals surface area contributed by atoms with Crippen LogP contribution in [-0.2, 0) is 24.1 Å². The van der Waals surface area contributed by atoms with Gasteiger partial charge in [-0.2, -0.15) is 13.2 Å². The van der Waals surface area contributed by atoms with E-state index in [9.17, 15) is 32.3 Å². The molecule has 0 aliphatic rings. The molecule has 220 valence electrons. The molecule has 0 saturated carbocycles. The van der Waals surface area contributed by atoms with Crippen molar-refractivity contribution >= 4 is 11.8 Å². The van der Waals surface area contributed by atoms with Crippen molar-refractivity contribution in [2.24, 2.45) is 11.6 Å². The van der Waals surface area contributed by atoms with Crippen LogP contribution in [0.2, 0.25) is 0 Å². The van der Waals surface area contributed by atoms with Crippen molar-refractivity contribution in [3.05, 3.63) is 89.3 Å². The van der Waals surface area contributed by atoms with E-state index < -0.39 is 41.5 Å². The Bertz CT molecular complexity index is 1340. The molecule has 12 nitrogen and oxygen atoms in total. The highest BCUT2D eigenvalue weighted by Gasteiger charge is 2.30. The monoisotopic (exact) mass is 579 g/mol. The number of hydrazine groups is 1. The number of carbonyl (C=O) groups excluding carboxylic acids is 2. The first kappa shape index (κ1) is 31.0. The van der Waals surface area contributed by atoms with Crippen molar-refractivity contribution < 1.29 is 32.3 Å². The average Bonchev–Trinajstić information content (AvgIpc) is 3.43. The maximum atomic E-state index is 14.5. The number of alkyl halides is 4. The second-order valence-corrected chi connectivity index (χ2v) is 8.87. The number of nitrogens with two attached hydrogens (primary N) is 2. The lowest BCUT2D eigenvalue weighted by Gasteiger charge is -2.17. The molecule has 3 aromatic rings. The van der Waals surface area contributed by atoms with E-state index >= 15 is 0 Å². The van der Waals surface area contributed by atoms with E-state index in [-0.39, 0.29) is 44.0 Å². The number of benzene rings is 1. The summed E-state index contributed by atoms with van der Waals surface area (Å²) in [7, 11) is 0. The standard InChI is InChI=1S/C25H29F4N9O3/c26-18(7-9-38-14-21(35-36-38)24(41)34-22(15-39)16-4-2-1-3-5-16)12-37(31)13-20(30)23(40)33-11-19-10-17(6-8-32-19)25(27,28)29/h1-6,8,10,13-14,18,22,39H,7,9,11-12,15,30-31H2,(H,33,40)(H,34,41)/b20-13-. The minimum Gasteiger partial charge on any atom is -0.394 e. The number of halogens is 4.